The van der Waals surface area contributed by atoms with Gasteiger partial charge in [-0.15, -0.1) is 11.3 Å². The first kappa shape index (κ1) is 23.1. The van der Waals surface area contributed by atoms with Gasteiger partial charge in [-0.25, -0.2) is 13.2 Å². The first-order chi connectivity index (χ1) is 15.4. The molecule has 0 spiro atoms. The minimum absolute atomic E-state index is 0.225. The third-order valence-electron chi connectivity index (χ3n) is 5.51. The highest BCUT2D eigenvalue weighted by Crippen LogP contribution is 2.38. The number of anilines is 2. The number of nitrogens with zero attached hydrogens (tertiary/aromatic N) is 1. The Morgan fingerprint density at radius 1 is 1.12 bits per heavy atom. The van der Waals surface area contributed by atoms with Crippen molar-refractivity contribution in [2.45, 2.75) is 30.6 Å². The van der Waals surface area contributed by atoms with Crippen LogP contribution in [0.4, 0.5) is 10.7 Å². The number of nitrogens with one attached hydrogen (secondary N) is 2. The number of carbonyl (C=O) groups is 1. The van der Waals surface area contributed by atoms with Gasteiger partial charge in [0.1, 0.15) is 5.00 Å². The van der Waals surface area contributed by atoms with Crippen molar-refractivity contribution in [1.29, 1.82) is 0 Å². The van der Waals surface area contributed by atoms with Crippen LogP contribution in [0.2, 0.25) is 0 Å². The van der Waals surface area contributed by atoms with Crippen LogP contribution in [0.3, 0.4) is 0 Å². The summed E-state index contributed by atoms with van der Waals surface area (Å²) in [5, 5.41) is 7.18. The second kappa shape index (κ2) is 9.84. The van der Waals surface area contributed by atoms with Crippen molar-refractivity contribution in [1.82, 2.24) is 4.31 Å². The molecule has 1 fully saturated rings. The van der Waals surface area contributed by atoms with Crippen molar-refractivity contribution in [2.75, 3.05) is 44.0 Å². The molecule has 2 heterocycles. The Labute approximate surface area is 196 Å². The predicted molar refractivity (Wildman–Crippen MR) is 128 cm³/mol. The highest BCUT2D eigenvalue weighted by Gasteiger charge is 2.27. The molecule has 11 heteroatoms. The van der Waals surface area contributed by atoms with E-state index in [2.05, 4.69) is 10.6 Å². The zero-order valence-electron chi connectivity index (χ0n) is 17.7. The molecule has 0 amide bonds. The summed E-state index contributed by atoms with van der Waals surface area (Å²) in [6, 6.07) is 6.45. The van der Waals surface area contributed by atoms with Gasteiger partial charge in [0.25, 0.3) is 0 Å². The van der Waals surface area contributed by atoms with E-state index < -0.39 is 10.0 Å². The molecule has 2 aliphatic rings. The Morgan fingerprint density at radius 2 is 1.81 bits per heavy atom. The summed E-state index contributed by atoms with van der Waals surface area (Å²) in [6.07, 6.45) is 3.97. The minimum Gasteiger partial charge on any atom is -0.465 e. The van der Waals surface area contributed by atoms with Crippen LogP contribution in [0.25, 0.3) is 0 Å². The number of esters is 1. The maximum Gasteiger partial charge on any atom is 0.341 e. The van der Waals surface area contributed by atoms with Gasteiger partial charge in [-0.1, -0.05) is 0 Å². The molecule has 172 valence electrons. The average molecular weight is 496 g/mol. The lowest BCUT2D eigenvalue weighted by Crippen LogP contribution is -2.40. The number of sulfonamides is 1. The largest absolute Gasteiger partial charge is 0.465 e. The molecular formula is C21H25N3O5S3. The van der Waals surface area contributed by atoms with E-state index in [0.717, 1.165) is 31.2 Å². The fourth-order valence-electron chi connectivity index (χ4n) is 3.88. The molecule has 1 aliphatic heterocycles. The van der Waals surface area contributed by atoms with Gasteiger partial charge in [0.15, 0.2) is 5.11 Å². The smallest absolute Gasteiger partial charge is 0.341 e. The topological polar surface area (TPSA) is 97.0 Å². The van der Waals surface area contributed by atoms with Crippen molar-refractivity contribution in [3.05, 3.63) is 40.3 Å². The molecule has 0 bridgehead atoms. The van der Waals surface area contributed by atoms with Gasteiger partial charge in [-0.05, 0) is 67.7 Å². The fraction of sp³-hybridized carbons (Fsp3) is 0.429. The van der Waals surface area contributed by atoms with Crippen molar-refractivity contribution >= 4 is 55.3 Å². The Morgan fingerprint density at radius 3 is 2.50 bits per heavy atom. The molecule has 0 atom stereocenters. The maximum absolute atomic E-state index is 12.8. The van der Waals surface area contributed by atoms with E-state index >= 15 is 0 Å². The number of morpholine rings is 1. The van der Waals surface area contributed by atoms with E-state index in [1.807, 2.05) is 0 Å². The lowest BCUT2D eigenvalue weighted by Gasteiger charge is -2.26. The van der Waals surface area contributed by atoms with Crippen LogP contribution >= 0.6 is 23.6 Å². The van der Waals surface area contributed by atoms with Crippen LogP contribution < -0.4 is 10.6 Å². The molecule has 1 aromatic carbocycles. The Balaban J connectivity index is 1.46. The molecule has 0 unspecified atom stereocenters. The fourth-order valence-corrected chi connectivity index (χ4v) is 6.86. The number of benzene rings is 1. The van der Waals surface area contributed by atoms with E-state index in [1.165, 1.54) is 27.6 Å². The summed E-state index contributed by atoms with van der Waals surface area (Å²) in [5.74, 6) is -0.368. The summed E-state index contributed by atoms with van der Waals surface area (Å²) in [4.78, 5) is 13.8. The van der Waals surface area contributed by atoms with Gasteiger partial charge in [-0.2, -0.15) is 4.31 Å². The van der Waals surface area contributed by atoms with Crippen LogP contribution in [0.15, 0.2) is 29.2 Å². The summed E-state index contributed by atoms with van der Waals surface area (Å²) in [7, 11) is -2.17. The van der Waals surface area contributed by atoms with Crippen LogP contribution in [0.5, 0.6) is 0 Å². The lowest BCUT2D eigenvalue weighted by atomic mass is 9.95. The molecule has 32 heavy (non-hydrogen) atoms. The standard InChI is InChI=1S/C21H25N3O5S3/c1-28-20(25)18-16-4-2-3-5-17(16)31-19(18)23-21(30)22-14-6-8-15(9-7-14)32(26,27)24-10-12-29-13-11-24/h6-9H,2-5,10-13H2,1H3,(H2,22,23,30). The van der Waals surface area contributed by atoms with E-state index in [1.54, 1.807) is 24.3 Å². The van der Waals surface area contributed by atoms with Crippen molar-refractivity contribution in [3.8, 4) is 0 Å². The lowest BCUT2D eigenvalue weighted by molar-refractivity contribution is 0.0601. The molecule has 1 aromatic heterocycles. The molecular weight excluding hydrogens is 470 g/mol. The quantitative estimate of drug-likeness (QED) is 0.482. The Kier molecular flexibility index (Phi) is 7.11. The first-order valence-corrected chi connectivity index (χ1v) is 13.1. The molecule has 1 aliphatic carbocycles. The Hall–Kier alpha value is -2.05. The van der Waals surface area contributed by atoms with Gasteiger partial charge in [0.2, 0.25) is 10.0 Å². The molecule has 2 N–H and O–H groups in total. The van der Waals surface area contributed by atoms with E-state index in [4.69, 9.17) is 21.7 Å². The van der Waals surface area contributed by atoms with Crippen molar-refractivity contribution in [2.24, 2.45) is 0 Å². The zero-order valence-corrected chi connectivity index (χ0v) is 20.1. The van der Waals surface area contributed by atoms with Gasteiger partial charge in [0.05, 0.1) is 30.8 Å². The van der Waals surface area contributed by atoms with Crippen molar-refractivity contribution < 1.29 is 22.7 Å². The zero-order chi connectivity index (χ0) is 22.7. The van der Waals surface area contributed by atoms with E-state index in [-0.39, 0.29) is 10.9 Å². The number of ether oxygens (including phenoxy) is 2. The van der Waals surface area contributed by atoms with Crippen LogP contribution in [-0.2, 0) is 32.3 Å². The summed E-state index contributed by atoms with van der Waals surface area (Å²) in [6.45, 7) is 1.50. The maximum atomic E-state index is 12.8. The highest BCUT2D eigenvalue weighted by molar-refractivity contribution is 7.89. The Bertz CT molecular complexity index is 1110. The summed E-state index contributed by atoms with van der Waals surface area (Å²) >= 11 is 6.97. The number of hydrogen-bond acceptors (Lipinski definition) is 7. The third-order valence-corrected chi connectivity index (χ3v) is 8.83. The minimum atomic E-state index is -3.55. The average Bonchev–Trinajstić information content (AvgIpc) is 3.17. The van der Waals surface area contributed by atoms with Crippen LogP contribution in [0, 0.1) is 0 Å². The van der Waals surface area contributed by atoms with Crippen LogP contribution in [-0.4, -0.2) is 57.2 Å². The van der Waals surface area contributed by atoms with Gasteiger partial charge in [-0.3, -0.25) is 0 Å². The number of carbonyl (C=O) groups excluding carboxylic acids is 1. The SMILES string of the molecule is COC(=O)c1c(NC(=S)Nc2ccc(S(=O)(=O)N3CCOCC3)cc2)sc2c1CCCC2. The molecule has 4 rings (SSSR count). The van der Waals surface area contributed by atoms with E-state index in [0.29, 0.717) is 47.7 Å². The number of aryl methyl sites for hydroxylation is 1. The summed E-state index contributed by atoms with van der Waals surface area (Å²) in [5.41, 5.74) is 2.25. The van der Waals surface area contributed by atoms with E-state index in [9.17, 15) is 13.2 Å². The van der Waals surface area contributed by atoms with Gasteiger partial charge < -0.3 is 20.1 Å². The molecule has 8 nitrogen and oxygen atoms in total. The van der Waals surface area contributed by atoms with Crippen LogP contribution in [0.1, 0.15) is 33.6 Å². The van der Waals surface area contributed by atoms with Crippen molar-refractivity contribution in [3.63, 3.8) is 0 Å². The number of methoxy groups -OCH3 is 1. The normalized spacial score (nSPS) is 16.8. The first-order valence-electron chi connectivity index (χ1n) is 10.4. The number of rotatable bonds is 5. The second-order valence-corrected chi connectivity index (χ2v) is 11.0. The summed E-state index contributed by atoms with van der Waals surface area (Å²) < 4.78 is 37.2. The third kappa shape index (κ3) is 4.81. The number of thiocarbonyl (C=S) groups is 1. The number of hydrogen-bond donors (Lipinski definition) is 2. The molecule has 1 saturated heterocycles. The van der Waals surface area contributed by atoms with Gasteiger partial charge >= 0.3 is 5.97 Å². The molecule has 2 aromatic rings. The highest BCUT2D eigenvalue weighted by atomic mass is 32.2. The van der Waals surface area contributed by atoms with Gasteiger partial charge in [0, 0.05) is 23.7 Å². The number of fused-ring (bicyclic) bond motifs is 1. The molecule has 0 saturated carbocycles. The monoisotopic (exact) mass is 495 g/mol. The molecule has 0 radical (unpaired) electrons. The predicted octanol–water partition coefficient (Wildman–Crippen LogP) is 3.24. The second-order valence-electron chi connectivity index (χ2n) is 7.53. The number of thiophene rings is 1.